The number of esters is 3. The molecule has 0 aromatic rings. The van der Waals surface area contributed by atoms with Crippen molar-refractivity contribution < 1.29 is 28.6 Å². The summed E-state index contributed by atoms with van der Waals surface area (Å²) in [7, 11) is 0. The molecule has 0 saturated carbocycles. The lowest BCUT2D eigenvalue weighted by atomic mass is 10.0. The normalized spacial score (nSPS) is 12.1. The Hall–Kier alpha value is -2.11. The number of carbonyl (C=O) groups is 3. The molecule has 0 aliphatic carbocycles. The summed E-state index contributed by atoms with van der Waals surface area (Å²) in [5.74, 6) is -0.865. The number of allylic oxidation sites excluding steroid dienone is 4. The van der Waals surface area contributed by atoms with E-state index in [1.54, 1.807) is 0 Å². The second-order valence-corrected chi connectivity index (χ2v) is 19.6. The minimum atomic E-state index is -0.772. The summed E-state index contributed by atoms with van der Waals surface area (Å²) in [6.07, 6.45) is 63.1. The summed E-state index contributed by atoms with van der Waals surface area (Å²) in [4.78, 5) is 38.1. The fourth-order valence-corrected chi connectivity index (χ4v) is 8.55. The van der Waals surface area contributed by atoms with E-state index in [1.165, 1.54) is 212 Å². The van der Waals surface area contributed by atoms with Crippen LogP contribution >= 0.6 is 0 Å². The first-order valence-electron chi connectivity index (χ1n) is 28.8. The highest BCUT2D eigenvalue weighted by molar-refractivity contribution is 5.71. The zero-order valence-corrected chi connectivity index (χ0v) is 43.8. The van der Waals surface area contributed by atoms with Gasteiger partial charge in [-0.3, -0.25) is 14.4 Å². The van der Waals surface area contributed by atoms with E-state index in [0.717, 1.165) is 64.2 Å². The van der Waals surface area contributed by atoms with Gasteiger partial charge in [0, 0.05) is 19.3 Å². The smallest absolute Gasteiger partial charge is 0.306 e. The average Bonchev–Trinajstić information content (AvgIpc) is 3.30. The average molecular weight is 916 g/mol. The first-order chi connectivity index (χ1) is 32.0. The largest absolute Gasteiger partial charge is 0.462 e. The van der Waals surface area contributed by atoms with E-state index in [1.807, 2.05) is 0 Å². The Morgan fingerprint density at radius 2 is 0.508 bits per heavy atom. The maximum atomic E-state index is 12.9. The molecule has 0 heterocycles. The topological polar surface area (TPSA) is 78.9 Å². The second kappa shape index (κ2) is 54.5. The summed E-state index contributed by atoms with van der Waals surface area (Å²) in [5, 5.41) is 0. The van der Waals surface area contributed by atoms with Crippen LogP contribution in [0.2, 0.25) is 0 Å². The van der Waals surface area contributed by atoms with Crippen molar-refractivity contribution in [2.24, 2.45) is 0 Å². The molecule has 0 rings (SSSR count). The van der Waals surface area contributed by atoms with Crippen LogP contribution in [0.15, 0.2) is 24.3 Å². The third-order valence-corrected chi connectivity index (χ3v) is 12.9. The van der Waals surface area contributed by atoms with Gasteiger partial charge in [-0.15, -0.1) is 0 Å². The van der Waals surface area contributed by atoms with Crippen molar-refractivity contribution in [2.75, 3.05) is 13.2 Å². The molecule has 382 valence electrons. The molecule has 0 unspecified atom stereocenters. The fourth-order valence-electron chi connectivity index (χ4n) is 8.55. The number of unbranched alkanes of at least 4 members (excludes halogenated alkanes) is 38. The molecule has 0 spiro atoms. The summed E-state index contributed by atoms with van der Waals surface area (Å²) >= 11 is 0. The number of hydrogen-bond acceptors (Lipinski definition) is 6. The number of ether oxygens (including phenoxy) is 3. The SMILES string of the molecule is CCCCCC/C=C\CCCCCCCCCC(=O)OC[C@H](COC(=O)CCCCCCC/C=C\CCCCCC)OC(=O)CCCCCCCCCCCCCCCCCCCCC. The summed E-state index contributed by atoms with van der Waals surface area (Å²) in [5.41, 5.74) is 0. The Bertz CT molecular complexity index is 1050. The third-order valence-electron chi connectivity index (χ3n) is 12.9. The highest BCUT2D eigenvalue weighted by Gasteiger charge is 2.19. The Morgan fingerprint density at radius 1 is 0.292 bits per heavy atom. The summed E-state index contributed by atoms with van der Waals surface area (Å²) in [6.45, 7) is 6.65. The third kappa shape index (κ3) is 52.7. The fraction of sp³-hybridized carbons (Fsp3) is 0.881. The molecule has 0 aromatic carbocycles. The van der Waals surface area contributed by atoms with Crippen molar-refractivity contribution in [2.45, 2.75) is 322 Å². The quantitative estimate of drug-likeness (QED) is 0.0262. The van der Waals surface area contributed by atoms with E-state index in [2.05, 4.69) is 45.1 Å². The van der Waals surface area contributed by atoms with E-state index in [0.29, 0.717) is 19.3 Å². The van der Waals surface area contributed by atoms with Gasteiger partial charge in [-0.05, 0) is 70.6 Å². The Labute approximate surface area is 404 Å². The molecule has 6 nitrogen and oxygen atoms in total. The first kappa shape index (κ1) is 62.9. The van der Waals surface area contributed by atoms with Crippen molar-refractivity contribution in [3.63, 3.8) is 0 Å². The lowest BCUT2D eigenvalue weighted by molar-refractivity contribution is -0.167. The molecule has 65 heavy (non-hydrogen) atoms. The number of carbonyl (C=O) groups excluding carboxylic acids is 3. The van der Waals surface area contributed by atoms with Crippen LogP contribution < -0.4 is 0 Å². The molecule has 0 bridgehead atoms. The van der Waals surface area contributed by atoms with Crippen molar-refractivity contribution in [3.05, 3.63) is 24.3 Å². The number of hydrogen-bond donors (Lipinski definition) is 0. The summed E-state index contributed by atoms with van der Waals surface area (Å²) < 4.78 is 16.9. The van der Waals surface area contributed by atoms with Gasteiger partial charge in [-0.2, -0.15) is 0 Å². The predicted octanol–water partition coefficient (Wildman–Crippen LogP) is 19.1. The van der Waals surface area contributed by atoms with Crippen LogP contribution in [0.4, 0.5) is 0 Å². The second-order valence-electron chi connectivity index (χ2n) is 19.6. The van der Waals surface area contributed by atoms with Gasteiger partial charge >= 0.3 is 17.9 Å². The predicted molar refractivity (Wildman–Crippen MR) is 279 cm³/mol. The van der Waals surface area contributed by atoms with Crippen LogP contribution in [0.25, 0.3) is 0 Å². The van der Waals surface area contributed by atoms with Gasteiger partial charge in [0.15, 0.2) is 6.10 Å². The highest BCUT2D eigenvalue weighted by Crippen LogP contribution is 2.17. The molecular weight excluding hydrogens is 805 g/mol. The van der Waals surface area contributed by atoms with Crippen LogP contribution in [0.1, 0.15) is 316 Å². The van der Waals surface area contributed by atoms with E-state index in [4.69, 9.17) is 14.2 Å². The van der Waals surface area contributed by atoms with Crippen LogP contribution in [-0.2, 0) is 28.6 Å². The van der Waals surface area contributed by atoms with Gasteiger partial charge in [-0.25, -0.2) is 0 Å². The van der Waals surface area contributed by atoms with Gasteiger partial charge in [-0.1, -0.05) is 251 Å². The van der Waals surface area contributed by atoms with E-state index < -0.39 is 6.10 Å². The standard InChI is InChI=1S/C59H110O6/c1-4-7-10-13-16-19-22-25-27-28-29-30-32-35-38-41-44-47-50-53-59(62)65-56(54-63-57(60)51-48-45-42-39-36-33-24-21-18-15-12-9-6-3)55-64-58(61)52-49-46-43-40-37-34-31-26-23-20-17-14-11-8-5-2/h20-21,23-24,56H,4-19,22,25-55H2,1-3H3/b23-20-,24-21-/t56-/m0/s1. The van der Waals surface area contributed by atoms with Crippen molar-refractivity contribution >= 4 is 17.9 Å². The molecule has 0 amide bonds. The maximum Gasteiger partial charge on any atom is 0.306 e. The molecule has 0 saturated heterocycles. The van der Waals surface area contributed by atoms with E-state index in [-0.39, 0.29) is 31.1 Å². The first-order valence-corrected chi connectivity index (χ1v) is 28.8. The van der Waals surface area contributed by atoms with Gasteiger partial charge < -0.3 is 14.2 Å². The highest BCUT2D eigenvalue weighted by atomic mass is 16.6. The van der Waals surface area contributed by atoms with Crippen molar-refractivity contribution in [1.29, 1.82) is 0 Å². The zero-order valence-electron chi connectivity index (χ0n) is 43.8. The van der Waals surface area contributed by atoms with Gasteiger partial charge in [0.05, 0.1) is 0 Å². The molecule has 0 radical (unpaired) electrons. The van der Waals surface area contributed by atoms with Gasteiger partial charge in [0.1, 0.15) is 13.2 Å². The van der Waals surface area contributed by atoms with Crippen LogP contribution in [-0.4, -0.2) is 37.2 Å². The molecular formula is C59H110O6. The zero-order chi connectivity index (χ0) is 47.2. The molecule has 0 fully saturated rings. The molecule has 0 aliphatic rings. The minimum absolute atomic E-state index is 0.0720. The van der Waals surface area contributed by atoms with Gasteiger partial charge in [0.2, 0.25) is 0 Å². The Kier molecular flexibility index (Phi) is 52.7. The maximum absolute atomic E-state index is 12.9. The number of rotatable bonds is 53. The Morgan fingerprint density at radius 3 is 0.785 bits per heavy atom. The Balaban J connectivity index is 4.32. The van der Waals surface area contributed by atoms with Crippen LogP contribution in [0.3, 0.4) is 0 Å². The van der Waals surface area contributed by atoms with Crippen molar-refractivity contribution in [3.8, 4) is 0 Å². The monoisotopic (exact) mass is 915 g/mol. The molecule has 0 aromatic heterocycles. The minimum Gasteiger partial charge on any atom is -0.462 e. The van der Waals surface area contributed by atoms with Crippen LogP contribution in [0, 0.1) is 0 Å². The van der Waals surface area contributed by atoms with Crippen LogP contribution in [0.5, 0.6) is 0 Å². The lowest BCUT2D eigenvalue weighted by Gasteiger charge is -2.18. The van der Waals surface area contributed by atoms with E-state index in [9.17, 15) is 14.4 Å². The van der Waals surface area contributed by atoms with E-state index >= 15 is 0 Å². The molecule has 0 N–H and O–H groups in total. The van der Waals surface area contributed by atoms with Crippen molar-refractivity contribution in [1.82, 2.24) is 0 Å². The summed E-state index contributed by atoms with van der Waals surface area (Å²) in [6, 6.07) is 0. The molecule has 6 heteroatoms. The lowest BCUT2D eigenvalue weighted by Crippen LogP contribution is -2.30. The molecule has 0 aliphatic heterocycles. The van der Waals surface area contributed by atoms with Gasteiger partial charge in [0.25, 0.3) is 0 Å². The molecule has 1 atom stereocenters.